The maximum absolute atomic E-state index is 12.9. The molecule has 0 saturated carbocycles. The van der Waals surface area contributed by atoms with E-state index in [2.05, 4.69) is 15.3 Å². The summed E-state index contributed by atoms with van der Waals surface area (Å²) in [7, 11) is 0. The van der Waals surface area contributed by atoms with E-state index in [4.69, 9.17) is 0 Å². The number of amides is 2. The first-order valence-electron chi connectivity index (χ1n) is 9.09. The highest BCUT2D eigenvalue weighted by Gasteiger charge is 2.24. The van der Waals surface area contributed by atoms with E-state index >= 15 is 0 Å². The molecule has 142 valence electrons. The van der Waals surface area contributed by atoms with Crippen molar-refractivity contribution in [3.05, 3.63) is 46.8 Å². The van der Waals surface area contributed by atoms with E-state index in [1.54, 1.807) is 22.8 Å². The van der Waals surface area contributed by atoms with Gasteiger partial charge >= 0.3 is 0 Å². The Morgan fingerprint density at radius 1 is 0.963 bits per heavy atom. The molecule has 2 heterocycles. The Labute approximate surface area is 159 Å². The number of aromatic nitrogens is 2. The molecule has 2 amide bonds. The van der Waals surface area contributed by atoms with E-state index in [0.717, 1.165) is 22.5 Å². The van der Waals surface area contributed by atoms with Crippen molar-refractivity contribution in [2.75, 3.05) is 31.5 Å². The number of benzene rings is 1. The number of nitrogens with zero attached hydrogens (tertiary/aromatic N) is 4. The van der Waals surface area contributed by atoms with Crippen molar-refractivity contribution < 1.29 is 9.59 Å². The van der Waals surface area contributed by atoms with Crippen molar-refractivity contribution in [3.8, 4) is 0 Å². The molecular weight excluding hydrogens is 342 g/mol. The lowest BCUT2D eigenvalue weighted by Gasteiger charge is -2.34. The summed E-state index contributed by atoms with van der Waals surface area (Å²) in [5.41, 5.74) is 4.23. The Hall–Kier alpha value is -2.96. The first-order chi connectivity index (χ1) is 12.8. The monoisotopic (exact) mass is 367 g/mol. The second-order valence-electron chi connectivity index (χ2n) is 6.91. The van der Waals surface area contributed by atoms with Crippen molar-refractivity contribution in [2.45, 2.75) is 27.7 Å². The van der Waals surface area contributed by atoms with Gasteiger partial charge in [-0.2, -0.15) is 0 Å². The Morgan fingerprint density at radius 3 is 2.15 bits per heavy atom. The van der Waals surface area contributed by atoms with Gasteiger partial charge in [-0.3, -0.25) is 9.59 Å². The highest BCUT2D eigenvalue weighted by molar-refractivity contribution is 5.93. The minimum Gasteiger partial charge on any atom is -0.339 e. The van der Waals surface area contributed by atoms with Crippen LogP contribution >= 0.6 is 0 Å². The Morgan fingerprint density at radius 2 is 1.56 bits per heavy atom. The molecule has 1 N–H and O–H groups in total. The first kappa shape index (κ1) is 18.8. The Bertz CT molecular complexity index is 852. The third kappa shape index (κ3) is 4.24. The minimum atomic E-state index is -0.131. The average molecular weight is 367 g/mol. The number of anilines is 2. The van der Waals surface area contributed by atoms with Crippen LogP contribution < -0.4 is 5.32 Å². The second-order valence-corrected chi connectivity index (χ2v) is 6.91. The van der Waals surface area contributed by atoms with Crippen LogP contribution in [0.15, 0.2) is 24.3 Å². The molecule has 1 fully saturated rings. The molecule has 7 heteroatoms. The molecule has 1 aromatic carbocycles. The third-order valence-corrected chi connectivity index (χ3v) is 4.80. The van der Waals surface area contributed by atoms with E-state index in [-0.39, 0.29) is 11.8 Å². The molecule has 27 heavy (non-hydrogen) atoms. The lowest BCUT2D eigenvalue weighted by atomic mass is 10.1. The molecule has 1 aromatic heterocycles. The fourth-order valence-corrected chi connectivity index (χ4v) is 3.24. The summed E-state index contributed by atoms with van der Waals surface area (Å²) in [5, 5.41) is 3.26. The molecule has 0 spiro atoms. The van der Waals surface area contributed by atoms with Crippen LogP contribution in [0.5, 0.6) is 0 Å². The summed E-state index contributed by atoms with van der Waals surface area (Å²) < 4.78 is 0. The molecular formula is C20H25N5O2. The number of para-hydroxylation sites is 1. The van der Waals surface area contributed by atoms with Crippen LogP contribution in [-0.2, 0) is 4.79 Å². The zero-order valence-corrected chi connectivity index (χ0v) is 16.2. The van der Waals surface area contributed by atoms with Gasteiger partial charge in [-0.15, -0.1) is 0 Å². The van der Waals surface area contributed by atoms with Crippen LogP contribution in [0.2, 0.25) is 0 Å². The number of nitrogens with one attached hydrogen (secondary N) is 1. The molecule has 0 radical (unpaired) electrons. The van der Waals surface area contributed by atoms with Crippen molar-refractivity contribution in [1.82, 2.24) is 19.8 Å². The fourth-order valence-electron chi connectivity index (χ4n) is 3.24. The van der Waals surface area contributed by atoms with Gasteiger partial charge in [0.05, 0.1) is 0 Å². The van der Waals surface area contributed by atoms with Gasteiger partial charge in [-0.1, -0.05) is 18.2 Å². The highest BCUT2D eigenvalue weighted by Crippen LogP contribution is 2.23. The maximum Gasteiger partial charge on any atom is 0.272 e. The van der Waals surface area contributed by atoms with Gasteiger partial charge < -0.3 is 15.1 Å². The van der Waals surface area contributed by atoms with Gasteiger partial charge in [-0.05, 0) is 38.0 Å². The van der Waals surface area contributed by atoms with Crippen LogP contribution in [0.4, 0.5) is 11.6 Å². The van der Waals surface area contributed by atoms with Crippen molar-refractivity contribution >= 4 is 23.5 Å². The van der Waals surface area contributed by atoms with Gasteiger partial charge in [0, 0.05) is 44.5 Å². The molecule has 0 bridgehead atoms. The van der Waals surface area contributed by atoms with Crippen LogP contribution in [0.25, 0.3) is 0 Å². The van der Waals surface area contributed by atoms with Crippen LogP contribution in [0.1, 0.15) is 34.2 Å². The van der Waals surface area contributed by atoms with Gasteiger partial charge in [-0.25, -0.2) is 9.97 Å². The summed E-state index contributed by atoms with van der Waals surface area (Å²) in [4.78, 5) is 36.7. The Balaban J connectivity index is 1.79. The highest BCUT2D eigenvalue weighted by atomic mass is 16.2. The van der Waals surface area contributed by atoms with E-state index in [0.29, 0.717) is 37.8 Å². The zero-order valence-electron chi connectivity index (χ0n) is 16.2. The lowest BCUT2D eigenvalue weighted by Crippen LogP contribution is -2.50. The zero-order chi connectivity index (χ0) is 19.6. The number of piperazine rings is 1. The van der Waals surface area contributed by atoms with Gasteiger partial charge in [0.15, 0.2) is 0 Å². The van der Waals surface area contributed by atoms with Gasteiger partial charge in [0.2, 0.25) is 11.9 Å². The summed E-state index contributed by atoms with van der Waals surface area (Å²) in [6.45, 7) is 9.58. The topological polar surface area (TPSA) is 78.4 Å². The number of hydrogen-bond acceptors (Lipinski definition) is 5. The number of aryl methyl sites for hydroxylation is 3. The molecule has 1 aliphatic heterocycles. The van der Waals surface area contributed by atoms with E-state index in [9.17, 15) is 9.59 Å². The molecule has 3 rings (SSSR count). The van der Waals surface area contributed by atoms with E-state index in [1.807, 2.05) is 39.0 Å². The minimum absolute atomic E-state index is 0.0417. The van der Waals surface area contributed by atoms with Crippen LogP contribution in [0, 0.1) is 20.8 Å². The van der Waals surface area contributed by atoms with Crippen molar-refractivity contribution in [3.63, 3.8) is 0 Å². The smallest absolute Gasteiger partial charge is 0.272 e. The number of rotatable bonds is 3. The van der Waals surface area contributed by atoms with Crippen molar-refractivity contribution in [1.29, 1.82) is 0 Å². The second kappa shape index (κ2) is 7.73. The summed E-state index contributed by atoms with van der Waals surface area (Å²) in [6.07, 6.45) is 0. The number of carbonyl (C=O) groups is 2. The Kier molecular flexibility index (Phi) is 5.39. The molecule has 0 atom stereocenters. The first-order valence-corrected chi connectivity index (χ1v) is 9.09. The third-order valence-electron chi connectivity index (χ3n) is 4.80. The van der Waals surface area contributed by atoms with E-state index in [1.165, 1.54) is 0 Å². The number of carbonyl (C=O) groups excluding carboxylic acids is 2. The number of hydrogen-bond donors (Lipinski definition) is 1. The normalized spacial score (nSPS) is 14.2. The SMILES string of the molecule is CC(=O)N1CCN(C(=O)c2cc(C)nc(Nc3c(C)cccc3C)n2)CC1. The average Bonchev–Trinajstić information content (AvgIpc) is 2.64. The maximum atomic E-state index is 12.9. The van der Waals surface area contributed by atoms with Gasteiger partial charge in [0.1, 0.15) is 5.69 Å². The fraction of sp³-hybridized carbons (Fsp3) is 0.400. The molecule has 2 aromatic rings. The quantitative estimate of drug-likeness (QED) is 0.902. The molecule has 0 unspecified atom stereocenters. The predicted octanol–water partition coefficient (Wildman–Crippen LogP) is 2.45. The predicted molar refractivity (Wildman–Crippen MR) is 104 cm³/mol. The standard InChI is InChI=1S/C20H25N5O2/c1-13-6-5-7-14(2)18(13)23-20-21-15(3)12-17(22-20)19(27)25-10-8-24(9-11-25)16(4)26/h5-7,12H,8-11H2,1-4H3,(H,21,22,23). The lowest BCUT2D eigenvalue weighted by molar-refractivity contribution is -0.130. The van der Waals surface area contributed by atoms with Crippen molar-refractivity contribution in [2.24, 2.45) is 0 Å². The molecule has 1 saturated heterocycles. The largest absolute Gasteiger partial charge is 0.339 e. The van der Waals surface area contributed by atoms with E-state index < -0.39 is 0 Å². The summed E-state index contributed by atoms with van der Waals surface area (Å²) >= 11 is 0. The van der Waals surface area contributed by atoms with Gasteiger partial charge in [0.25, 0.3) is 5.91 Å². The van der Waals surface area contributed by atoms with Crippen LogP contribution in [0.3, 0.4) is 0 Å². The summed E-state index contributed by atoms with van der Waals surface area (Å²) in [6, 6.07) is 7.75. The molecule has 7 nitrogen and oxygen atoms in total. The molecule has 0 aliphatic carbocycles. The van der Waals surface area contributed by atoms with Crippen LogP contribution in [-0.4, -0.2) is 57.8 Å². The molecule has 1 aliphatic rings. The summed E-state index contributed by atoms with van der Waals surface area (Å²) in [5.74, 6) is 0.325.